The first-order valence-electron chi connectivity index (χ1n) is 9.45. The van der Waals surface area contributed by atoms with Crippen molar-refractivity contribution in [3.8, 4) is 0 Å². The van der Waals surface area contributed by atoms with Crippen molar-refractivity contribution in [3.05, 3.63) is 77.6 Å². The minimum atomic E-state index is -0.354. The van der Waals surface area contributed by atoms with Crippen LogP contribution in [0.5, 0.6) is 0 Å². The van der Waals surface area contributed by atoms with Gasteiger partial charge in [-0.1, -0.05) is 60.3 Å². The fourth-order valence-electron chi connectivity index (χ4n) is 2.92. The monoisotopic (exact) mass is 407 g/mol. The zero-order valence-electron chi connectivity index (χ0n) is 15.7. The Hall–Kier alpha value is -3.13. The number of thioether (sulfide) groups is 1. The maximum absolute atomic E-state index is 12.2. The predicted molar refractivity (Wildman–Crippen MR) is 110 cm³/mol. The summed E-state index contributed by atoms with van der Waals surface area (Å²) >= 11 is 1.31. The van der Waals surface area contributed by atoms with Crippen LogP contribution in [0.4, 0.5) is 0 Å². The van der Waals surface area contributed by atoms with Crippen LogP contribution in [0.2, 0.25) is 0 Å². The van der Waals surface area contributed by atoms with Gasteiger partial charge >= 0.3 is 0 Å². The normalized spacial score (nSPS) is 13.1. The van der Waals surface area contributed by atoms with Gasteiger partial charge in [0.15, 0.2) is 5.16 Å². The molecule has 1 heterocycles. The zero-order valence-corrected chi connectivity index (χ0v) is 16.6. The quantitative estimate of drug-likeness (QED) is 0.464. The van der Waals surface area contributed by atoms with Crippen LogP contribution in [0.15, 0.2) is 65.8 Å². The van der Waals surface area contributed by atoms with Crippen LogP contribution in [0.3, 0.4) is 0 Å². The molecule has 2 amide bonds. The van der Waals surface area contributed by atoms with Crippen LogP contribution >= 0.6 is 11.8 Å². The van der Waals surface area contributed by atoms with E-state index in [1.165, 1.54) is 11.8 Å². The number of hydrogen-bond acceptors (Lipinski definition) is 5. The number of nitrogens with zero attached hydrogens (tertiary/aromatic N) is 3. The second-order valence-electron chi connectivity index (χ2n) is 6.84. The highest BCUT2D eigenvalue weighted by atomic mass is 32.2. The molecule has 0 saturated heterocycles. The Kier molecular flexibility index (Phi) is 5.90. The number of rotatable bonds is 7. The predicted octanol–water partition coefficient (Wildman–Crippen LogP) is 2.76. The molecule has 29 heavy (non-hydrogen) atoms. The van der Waals surface area contributed by atoms with Crippen LogP contribution in [0.1, 0.15) is 40.5 Å². The summed E-state index contributed by atoms with van der Waals surface area (Å²) in [4.78, 5) is 24.2. The van der Waals surface area contributed by atoms with Gasteiger partial charge in [-0.05, 0) is 30.5 Å². The van der Waals surface area contributed by atoms with Gasteiger partial charge in [-0.2, -0.15) is 0 Å². The van der Waals surface area contributed by atoms with Crippen molar-refractivity contribution in [1.82, 2.24) is 25.6 Å². The number of amides is 2. The second kappa shape index (κ2) is 8.91. The Morgan fingerprint density at radius 3 is 2.34 bits per heavy atom. The number of aromatic nitrogens is 3. The molecule has 0 radical (unpaired) electrons. The summed E-state index contributed by atoms with van der Waals surface area (Å²) in [7, 11) is 0. The van der Waals surface area contributed by atoms with E-state index < -0.39 is 0 Å². The summed E-state index contributed by atoms with van der Waals surface area (Å²) < 4.78 is 2.09. The average molecular weight is 407 g/mol. The fraction of sp³-hybridized carbons (Fsp3) is 0.238. The maximum Gasteiger partial charge on any atom is 0.269 e. The minimum Gasteiger partial charge on any atom is -0.301 e. The third-order valence-electron chi connectivity index (χ3n) is 4.56. The van der Waals surface area contributed by atoms with Crippen molar-refractivity contribution in [2.24, 2.45) is 0 Å². The standard InChI is InChI=1S/C21H21N5O2S/c27-18(22-24-20(28)17-9-5-2-6-10-17)14-29-21-25-23-19(16-11-12-16)26(21)13-15-7-3-1-4-8-15/h1-10,16H,11-14H2,(H,22,27)(H,24,28). The highest BCUT2D eigenvalue weighted by Gasteiger charge is 2.30. The summed E-state index contributed by atoms with van der Waals surface area (Å²) in [5.74, 6) is 0.912. The van der Waals surface area contributed by atoms with E-state index in [1.807, 2.05) is 24.3 Å². The van der Waals surface area contributed by atoms with Gasteiger partial charge in [0.05, 0.1) is 12.3 Å². The van der Waals surface area contributed by atoms with Crippen molar-refractivity contribution < 1.29 is 9.59 Å². The molecule has 4 rings (SSSR count). The van der Waals surface area contributed by atoms with Gasteiger partial charge in [-0.25, -0.2) is 0 Å². The summed E-state index contributed by atoms with van der Waals surface area (Å²) in [5.41, 5.74) is 6.52. The third kappa shape index (κ3) is 5.03. The second-order valence-corrected chi connectivity index (χ2v) is 7.79. The molecule has 1 saturated carbocycles. The van der Waals surface area contributed by atoms with Gasteiger partial charge in [0.2, 0.25) is 5.91 Å². The number of carbonyl (C=O) groups excluding carboxylic acids is 2. The molecular formula is C21H21N5O2S. The Bertz CT molecular complexity index is 987. The number of hydrazine groups is 1. The van der Waals surface area contributed by atoms with Crippen LogP contribution in [0.25, 0.3) is 0 Å². The summed E-state index contributed by atoms with van der Waals surface area (Å²) in [6, 6.07) is 18.9. The molecule has 2 aromatic carbocycles. The molecule has 1 aliphatic carbocycles. The highest BCUT2D eigenvalue weighted by Crippen LogP contribution is 2.40. The Labute approximate surface area is 172 Å². The lowest BCUT2D eigenvalue weighted by Crippen LogP contribution is -2.42. The van der Waals surface area contributed by atoms with E-state index in [4.69, 9.17) is 0 Å². The number of hydrogen-bond donors (Lipinski definition) is 2. The van der Waals surface area contributed by atoms with Gasteiger partial charge in [0.25, 0.3) is 5.91 Å². The van der Waals surface area contributed by atoms with Crippen molar-refractivity contribution in [3.63, 3.8) is 0 Å². The number of benzene rings is 2. The summed E-state index contributed by atoms with van der Waals surface area (Å²) in [6.07, 6.45) is 2.26. The molecule has 1 aliphatic rings. The largest absolute Gasteiger partial charge is 0.301 e. The molecule has 1 fully saturated rings. The van der Waals surface area contributed by atoms with Crippen LogP contribution < -0.4 is 10.9 Å². The number of carbonyl (C=O) groups is 2. The lowest BCUT2D eigenvalue weighted by Gasteiger charge is -2.10. The first kappa shape index (κ1) is 19.2. The lowest BCUT2D eigenvalue weighted by molar-refractivity contribution is -0.119. The molecule has 148 valence electrons. The SMILES string of the molecule is O=C(CSc1nnc(C2CC2)n1Cc1ccccc1)NNC(=O)c1ccccc1. The van der Waals surface area contributed by atoms with Gasteiger partial charge in [-0.3, -0.25) is 20.4 Å². The minimum absolute atomic E-state index is 0.132. The molecule has 2 N–H and O–H groups in total. The van der Waals surface area contributed by atoms with Crippen molar-refractivity contribution >= 4 is 23.6 Å². The molecular weight excluding hydrogens is 386 g/mol. The average Bonchev–Trinajstić information content (AvgIpc) is 3.53. The van der Waals surface area contributed by atoms with E-state index in [9.17, 15) is 9.59 Å². The molecule has 8 heteroatoms. The topological polar surface area (TPSA) is 88.9 Å². The molecule has 3 aromatic rings. The molecule has 0 aliphatic heterocycles. The molecule has 1 aromatic heterocycles. The Morgan fingerprint density at radius 2 is 1.66 bits per heavy atom. The zero-order chi connectivity index (χ0) is 20.1. The van der Waals surface area contributed by atoms with E-state index in [1.54, 1.807) is 24.3 Å². The van der Waals surface area contributed by atoms with E-state index in [0.29, 0.717) is 23.2 Å². The maximum atomic E-state index is 12.2. The van der Waals surface area contributed by atoms with E-state index in [0.717, 1.165) is 24.2 Å². The van der Waals surface area contributed by atoms with Gasteiger partial charge in [-0.15, -0.1) is 10.2 Å². The Morgan fingerprint density at radius 1 is 0.966 bits per heavy atom. The number of nitrogens with one attached hydrogen (secondary N) is 2. The van der Waals surface area contributed by atoms with Crippen molar-refractivity contribution in [2.75, 3.05) is 5.75 Å². The summed E-state index contributed by atoms with van der Waals surface area (Å²) in [6.45, 7) is 0.675. The van der Waals surface area contributed by atoms with Crippen LogP contribution in [-0.2, 0) is 11.3 Å². The van der Waals surface area contributed by atoms with E-state index in [2.05, 4.69) is 37.7 Å². The molecule has 7 nitrogen and oxygen atoms in total. The van der Waals surface area contributed by atoms with Gasteiger partial charge in [0.1, 0.15) is 5.82 Å². The van der Waals surface area contributed by atoms with Crippen LogP contribution in [0, 0.1) is 0 Å². The lowest BCUT2D eigenvalue weighted by atomic mass is 10.2. The first-order chi connectivity index (χ1) is 14.2. The van der Waals surface area contributed by atoms with Gasteiger partial charge in [0, 0.05) is 11.5 Å². The van der Waals surface area contributed by atoms with E-state index >= 15 is 0 Å². The van der Waals surface area contributed by atoms with Crippen molar-refractivity contribution in [1.29, 1.82) is 0 Å². The molecule has 0 spiro atoms. The first-order valence-corrected chi connectivity index (χ1v) is 10.4. The molecule has 0 bridgehead atoms. The van der Waals surface area contributed by atoms with E-state index in [-0.39, 0.29) is 17.6 Å². The fourth-order valence-corrected chi connectivity index (χ4v) is 3.66. The summed E-state index contributed by atoms with van der Waals surface area (Å²) in [5, 5.41) is 9.36. The smallest absolute Gasteiger partial charge is 0.269 e. The van der Waals surface area contributed by atoms with Crippen LogP contribution in [-0.4, -0.2) is 32.3 Å². The molecule has 0 unspecified atom stereocenters. The molecule has 0 atom stereocenters. The van der Waals surface area contributed by atoms with Gasteiger partial charge < -0.3 is 4.57 Å². The Balaban J connectivity index is 1.35. The highest BCUT2D eigenvalue weighted by molar-refractivity contribution is 7.99. The van der Waals surface area contributed by atoms with Crippen molar-refractivity contribution in [2.45, 2.75) is 30.5 Å². The third-order valence-corrected chi connectivity index (χ3v) is 5.52.